The second kappa shape index (κ2) is 12.3. The highest BCUT2D eigenvalue weighted by Crippen LogP contribution is 2.23. The molecule has 0 radical (unpaired) electrons. The van der Waals surface area contributed by atoms with E-state index in [1.165, 1.54) is 50.5 Å². The molecule has 0 spiro atoms. The number of aryl methyl sites for hydroxylation is 2. The van der Waals surface area contributed by atoms with Crippen LogP contribution in [0, 0.1) is 5.82 Å². The van der Waals surface area contributed by atoms with Gasteiger partial charge < -0.3 is 0 Å². The molecule has 0 aliphatic carbocycles. The standard InChI is InChI=1S/C28H35FN2/c1-3-5-7-8-10-12-24-17-18-25(19-27(24)29)28-30-20-26(21-31-28)23-15-13-22(14-16-23)11-9-6-4-2/h13-21H,3-12H2,1-2H3. The van der Waals surface area contributed by atoms with Crippen LogP contribution in [0.4, 0.5) is 4.39 Å². The van der Waals surface area contributed by atoms with E-state index in [9.17, 15) is 4.39 Å². The van der Waals surface area contributed by atoms with E-state index in [2.05, 4.69) is 48.1 Å². The van der Waals surface area contributed by atoms with Crippen molar-refractivity contribution in [3.63, 3.8) is 0 Å². The maximum Gasteiger partial charge on any atom is 0.159 e. The number of benzene rings is 2. The van der Waals surface area contributed by atoms with E-state index in [0.717, 1.165) is 41.5 Å². The minimum Gasteiger partial charge on any atom is -0.236 e. The normalized spacial score (nSPS) is 11.1. The minimum atomic E-state index is -0.153. The van der Waals surface area contributed by atoms with Crippen LogP contribution >= 0.6 is 0 Å². The van der Waals surface area contributed by atoms with E-state index in [4.69, 9.17) is 0 Å². The molecule has 0 saturated heterocycles. The summed E-state index contributed by atoms with van der Waals surface area (Å²) in [5.41, 5.74) is 4.97. The molecule has 2 aromatic carbocycles. The predicted octanol–water partition coefficient (Wildman–Crippen LogP) is 8.20. The lowest BCUT2D eigenvalue weighted by molar-refractivity contribution is 0.588. The highest BCUT2D eigenvalue weighted by atomic mass is 19.1. The fourth-order valence-corrected chi connectivity index (χ4v) is 3.88. The summed E-state index contributed by atoms with van der Waals surface area (Å²) in [5.74, 6) is 0.410. The zero-order valence-electron chi connectivity index (χ0n) is 19.0. The van der Waals surface area contributed by atoms with Gasteiger partial charge in [0.05, 0.1) is 0 Å². The summed E-state index contributed by atoms with van der Waals surface area (Å²) in [7, 11) is 0. The molecule has 0 unspecified atom stereocenters. The fraction of sp³-hybridized carbons (Fsp3) is 0.429. The fourth-order valence-electron chi connectivity index (χ4n) is 3.88. The lowest BCUT2D eigenvalue weighted by Gasteiger charge is -2.07. The van der Waals surface area contributed by atoms with Crippen LogP contribution in [0.25, 0.3) is 22.5 Å². The Morgan fingerprint density at radius 2 is 1.26 bits per heavy atom. The highest BCUT2D eigenvalue weighted by Gasteiger charge is 2.08. The SMILES string of the molecule is CCCCCCCc1ccc(-c2ncc(-c3ccc(CCCCC)cc3)cn2)cc1F. The number of unbranched alkanes of at least 4 members (excludes halogenated alkanes) is 6. The second-order valence-electron chi connectivity index (χ2n) is 8.42. The van der Waals surface area contributed by atoms with Crippen molar-refractivity contribution in [3.05, 3.63) is 71.8 Å². The maximum absolute atomic E-state index is 14.5. The molecule has 1 heterocycles. The molecule has 0 atom stereocenters. The summed E-state index contributed by atoms with van der Waals surface area (Å²) in [6, 6.07) is 14.0. The molecule has 0 aliphatic heterocycles. The molecule has 0 saturated carbocycles. The summed E-state index contributed by atoms with van der Waals surface area (Å²) in [6.45, 7) is 4.43. The highest BCUT2D eigenvalue weighted by molar-refractivity contribution is 5.64. The largest absolute Gasteiger partial charge is 0.236 e. The number of rotatable bonds is 12. The molecule has 0 fully saturated rings. The monoisotopic (exact) mass is 418 g/mol. The second-order valence-corrected chi connectivity index (χ2v) is 8.42. The van der Waals surface area contributed by atoms with Crippen LogP contribution in [0.5, 0.6) is 0 Å². The molecule has 2 nitrogen and oxygen atoms in total. The van der Waals surface area contributed by atoms with Gasteiger partial charge in [0, 0.05) is 23.5 Å². The van der Waals surface area contributed by atoms with E-state index in [-0.39, 0.29) is 5.82 Å². The van der Waals surface area contributed by atoms with Crippen molar-refractivity contribution in [3.8, 4) is 22.5 Å². The number of aromatic nitrogens is 2. The average molecular weight is 419 g/mol. The molecule has 3 heteroatoms. The molecule has 1 aromatic heterocycles. The van der Waals surface area contributed by atoms with Gasteiger partial charge in [0.15, 0.2) is 5.82 Å². The first kappa shape index (κ1) is 23.1. The minimum absolute atomic E-state index is 0.153. The van der Waals surface area contributed by atoms with E-state index in [0.29, 0.717) is 5.82 Å². The van der Waals surface area contributed by atoms with Crippen molar-refractivity contribution in [1.29, 1.82) is 0 Å². The summed E-state index contributed by atoms with van der Waals surface area (Å²) in [5, 5.41) is 0. The summed E-state index contributed by atoms with van der Waals surface area (Å²) in [6.07, 6.45) is 15.3. The van der Waals surface area contributed by atoms with Gasteiger partial charge in [-0.15, -0.1) is 0 Å². The number of nitrogens with zero attached hydrogens (tertiary/aromatic N) is 2. The van der Waals surface area contributed by atoms with Gasteiger partial charge in [-0.25, -0.2) is 14.4 Å². The topological polar surface area (TPSA) is 25.8 Å². The van der Waals surface area contributed by atoms with Crippen LogP contribution in [-0.2, 0) is 12.8 Å². The first-order valence-electron chi connectivity index (χ1n) is 11.9. The number of halogens is 1. The molecule has 0 bridgehead atoms. The van der Waals surface area contributed by atoms with Gasteiger partial charge in [-0.2, -0.15) is 0 Å². The van der Waals surface area contributed by atoms with Crippen molar-refractivity contribution in [2.24, 2.45) is 0 Å². The first-order chi connectivity index (χ1) is 15.2. The Morgan fingerprint density at radius 3 is 1.94 bits per heavy atom. The van der Waals surface area contributed by atoms with Gasteiger partial charge >= 0.3 is 0 Å². The van der Waals surface area contributed by atoms with Crippen LogP contribution in [0.2, 0.25) is 0 Å². The lowest BCUT2D eigenvalue weighted by atomic mass is 10.0. The molecule has 3 aromatic rings. The summed E-state index contributed by atoms with van der Waals surface area (Å²) in [4.78, 5) is 8.99. The number of hydrogen-bond donors (Lipinski definition) is 0. The third kappa shape index (κ3) is 6.99. The zero-order chi connectivity index (χ0) is 21.9. The quantitative estimate of drug-likeness (QED) is 0.277. The van der Waals surface area contributed by atoms with Gasteiger partial charge in [0.2, 0.25) is 0 Å². The smallest absolute Gasteiger partial charge is 0.159 e. The van der Waals surface area contributed by atoms with Crippen molar-refractivity contribution in [2.45, 2.75) is 78.1 Å². The molecular formula is C28H35FN2. The van der Waals surface area contributed by atoms with Crippen LogP contribution < -0.4 is 0 Å². The predicted molar refractivity (Wildman–Crippen MR) is 129 cm³/mol. The molecule has 3 rings (SSSR count). The van der Waals surface area contributed by atoms with Crippen LogP contribution in [0.15, 0.2) is 54.9 Å². The van der Waals surface area contributed by atoms with Crippen molar-refractivity contribution in [2.75, 3.05) is 0 Å². The molecule has 0 N–H and O–H groups in total. The Labute approximate surface area is 187 Å². The van der Waals surface area contributed by atoms with Crippen molar-refractivity contribution >= 4 is 0 Å². The Hall–Kier alpha value is -2.55. The Kier molecular flexibility index (Phi) is 9.20. The molecular weight excluding hydrogens is 383 g/mol. The summed E-state index contributed by atoms with van der Waals surface area (Å²) >= 11 is 0. The van der Waals surface area contributed by atoms with Crippen LogP contribution in [0.1, 0.15) is 76.3 Å². The average Bonchev–Trinajstić information content (AvgIpc) is 2.80. The lowest BCUT2D eigenvalue weighted by Crippen LogP contribution is -1.95. The molecule has 164 valence electrons. The van der Waals surface area contributed by atoms with Gasteiger partial charge in [0.25, 0.3) is 0 Å². The maximum atomic E-state index is 14.5. The van der Waals surface area contributed by atoms with E-state index >= 15 is 0 Å². The van der Waals surface area contributed by atoms with Gasteiger partial charge in [-0.05, 0) is 48.4 Å². The van der Waals surface area contributed by atoms with Crippen molar-refractivity contribution < 1.29 is 4.39 Å². The van der Waals surface area contributed by atoms with Crippen molar-refractivity contribution in [1.82, 2.24) is 9.97 Å². The molecule has 0 aliphatic rings. The summed E-state index contributed by atoms with van der Waals surface area (Å²) < 4.78 is 14.5. The Balaban J connectivity index is 1.61. The van der Waals surface area contributed by atoms with Gasteiger partial charge in [0.1, 0.15) is 5.82 Å². The first-order valence-corrected chi connectivity index (χ1v) is 11.9. The van der Waals surface area contributed by atoms with Gasteiger partial charge in [-0.3, -0.25) is 0 Å². The third-order valence-electron chi connectivity index (χ3n) is 5.87. The Morgan fingerprint density at radius 1 is 0.645 bits per heavy atom. The van der Waals surface area contributed by atoms with Crippen LogP contribution in [-0.4, -0.2) is 9.97 Å². The molecule has 31 heavy (non-hydrogen) atoms. The molecule has 0 amide bonds. The number of hydrogen-bond acceptors (Lipinski definition) is 2. The van der Waals surface area contributed by atoms with E-state index < -0.39 is 0 Å². The van der Waals surface area contributed by atoms with E-state index in [1.54, 1.807) is 6.07 Å². The van der Waals surface area contributed by atoms with Crippen LogP contribution in [0.3, 0.4) is 0 Å². The Bertz CT molecular complexity index is 917. The zero-order valence-corrected chi connectivity index (χ0v) is 19.0. The van der Waals surface area contributed by atoms with Gasteiger partial charge in [-0.1, -0.05) is 88.8 Å². The van der Waals surface area contributed by atoms with E-state index in [1.807, 2.05) is 24.5 Å². The third-order valence-corrected chi connectivity index (χ3v) is 5.87.